The van der Waals surface area contributed by atoms with Crippen molar-refractivity contribution in [1.82, 2.24) is 5.32 Å². The van der Waals surface area contributed by atoms with Crippen LogP contribution in [0.4, 0.5) is 11.4 Å². The second kappa shape index (κ2) is 9.94. The number of carbonyl (C=O) groups excluding carboxylic acids is 1. The molecule has 3 aromatic rings. The van der Waals surface area contributed by atoms with Crippen LogP contribution in [-0.4, -0.2) is 24.1 Å². The van der Waals surface area contributed by atoms with Crippen molar-refractivity contribution in [2.75, 3.05) is 23.3 Å². The maximum absolute atomic E-state index is 12.7. The first-order valence-electron chi connectivity index (χ1n) is 10.4. The first-order valence-corrected chi connectivity index (χ1v) is 11.6. The summed E-state index contributed by atoms with van der Waals surface area (Å²) in [6, 6.07) is 16.3. The number of furan rings is 1. The van der Waals surface area contributed by atoms with Gasteiger partial charge in [-0.05, 0) is 73.4 Å². The molecule has 2 aromatic carbocycles. The predicted octanol–water partition coefficient (Wildman–Crippen LogP) is 6.62. The monoisotopic (exact) mass is 487 g/mol. The van der Waals surface area contributed by atoms with Gasteiger partial charge >= 0.3 is 0 Å². The Morgan fingerprint density at radius 3 is 2.59 bits per heavy atom. The highest BCUT2D eigenvalue weighted by atomic mass is 35.5. The van der Waals surface area contributed by atoms with Crippen LogP contribution in [0, 0.1) is 5.92 Å². The van der Waals surface area contributed by atoms with Crippen LogP contribution in [0.2, 0.25) is 10.0 Å². The Balaban J connectivity index is 1.42. The minimum Gasteiger partial charge on any atom is -0.451 e. The van der Waals surface area contributed by atoms with Gasteiger partial charge in [-0.2, -0.15) is 0 Å². The number of hydrogen-bond donors (Lipinski definition) is 2. The number of amides is 1. The molecule has 1 aliphatic rings. The summed E-state index contributed by atoms with van der Waals surface area (Å²) >= 11 is 17.6. The van der Waals surface area contributed by atoms with Crippen LogP contribution in [0.3, 0.4) is 0 Å². The molecule has 1 amide bonds. The fourth-order valence-corrected chi connectivity index (χ4v) is 4.42. The van der Waals surface area contributed by atoms with Crippen LogP contribution in [0.15, 0.2) is 59.0 Å². The van der Waals surface area contributed by atoms with Crippen molar-refractivity contribution in [1.29, 1.82) is 0 Å². The van der Waals surface area contributed by atoms with Gasteiger partial charge in [-0.3, -0.25) is 10.1 Å². The highest BCUT2D eigenvalue weighted by Gasteiger charge is 2.20. The van der Waals surface area contributed by atoms with E-state index in [9.17, 15) is 4.79 Å². The standard InChI is InChI=1S/C24H23Cl2N3O2S/c1-15-10-12-29(13-11-15)20-5-3-2-4-19(20)27-24(32)28-23(30)22-9-8-21(31-22)17-7-6-16(25)14-18(17)26/h2-9,14-15H,10-13H2,1H3,(H2,27,28,30,32). The minimum atomic E-state index is -0.442. The normalized spacial score (nSPS) is 14.3. The third-order valence-electron chi connectivity index (χ3n) is 5.53. The molecule has 1 fully saturated rings. The van der Waals surface area contributed by atoms with E-state index in [1.165, 1.54) is 0 Å². The Hall–Kier alpha value is -2.54. The van der Waals surface area contributed by atoms with E-state index in [1.807, 2.05) is 18.2 Å². The first-order chi connectivity index (χ1) is 15.4. The lowest BCUT2D eigenvalue weighted by Crippen LogP contribution is -2.36. The molecule has 5 nitrogen and oxygen atoms in total. The molecule has 8 heteroatoms. The topological polar surface area (TPSA) is 57.5 Å². The van der Waals surface area contributed by atoms with Crippen LogP contribution in [0.25, 0.3) is 11.3 Å². The number of para-hydroxylation sites is 2. The Kier molecular flexibility index (Phi) is 7.04. The Labute approximate surface area is 202 Å². The summed E-state index contributed by atoms with van der Waals surface area (Å²) in [5.74, 6) is 0.907. The molecule has 4 rings (SSSR count). The zero-order chi connectivity index (χ0) is 22.7. The molecule has 1 aromatic heterocycles. The summed E-state index contributed by atoms with van der Waals surface area (Å²) < 4.78 is 5.70. The number of anilines is 2. The molecule has 1 aliphatic heterocycles. The average Bonchev–Trinajstić information content (AvgIpc) is 3.25. The third-order valence-corrected chi connectivity index (χ3v) is 6.28. The van der Waals surface area contributed by atoms with E-state index < -0.39 is 5.91 Å². The van der Waals surface area contributed by atoms with Crippen molar-refractivity contribution in [3.8, 4) is 11.3 Å². The number of piperidine rings is 1. The van der Waals surface area contributed by atoms with Crippen LogP contribution in [0.5, 0.6) is 0 Å². The molecular formula is C24H23Cl2N3O2S. The van der Waals surface area contributed by atoms with Gasteiger partial charge in [-0.15, -0.1) is 0 Å². The maximum atomic E-state index is 12.7. The zero-order valence-electron chi connectivity index (χ0n) is 17.5. The van der Waals surface area contributed by atoms with Gasteiger partial charge in [0.25, 0.3) is 5.91 Å². The van der Waals surface area contributed by atoms with Gasteiger partial charge in [0.2, 0.25) is 0 Å². The summed E-state index contributed by atoms with van der Waals surface area (Å²) in [5.41, 5.74) is 2.59. The number of benzene rings is 2. The van der Waals surface area contributed by atoms with Crippen LogP contribution in [-0.2, 0) is 0 Å². The highest BCUT2D eigenvalue weighted by Crippen LogP contribution is 2.32. The number of nitrogens with zero attached hydrogens (tertiary/aromatic N) is 1. The molecule has 0 bridgehead atoms. The van der Waals surface area contributed by atoms with Gasteiger partial charge in [-0.1, -0.05) is 42.3 Å². The van der Waals surface area contributed by atoms with E-state index in [0.717, 1.165) is 43.2 Å². The van der Waals surface area contributed by atoms with Gasteiger partial charge in [0, 0.05) is 23.7 Å². The quantitative estimate of drug-likeness (QED) is 0.405. The van der Waals surface area contributed by atoms with Crippen LogP contribution >= 0.6 is 35.4 Å². The van der Waals surface area contributed by atoms with E-state index in [1.54, 1.807) is 30.3 Å². The van der Waals surface area contributed by atoms with E-state index >= 15 is 0 Å². The van der Waals surface area contributed by atoms with Crippen molar-refractivity contribution in [2.45, 2.75) is 19.8 Å². The summed E-state index contributed by atoms with van der Waals surface area (Å²) in [5, 5.41) is 7.01. The lowest BCUT2D eigenvalue weighted by atomic mass is 9.98. The molecule has 2 N–H and O–H groups in total. The van der Waals surface area contributed by atoms with E-state index in [4.69, 9.17) is 39.8 Å². The van der Waals surface area contributed by atoms with Gasteiger partial charge < -0.3 is 14.6 Å². The molecule has 0 atom stereocenters. The molecule has 0 aliphatic carbocycles. The maximum Gasteiger partial charge on any atom is 0.293 e. The number of hydrogen-bond acceptors (Lipinski definition) is 4. The molecule has 0 unspecified atom stereocenters. The molecule has 166 valence electrons. The lowest BCUT2D eigenvalue weighted by molar-refractivity contribution is 0.0951. The predicted molar refractivity (Wildman–Crippen MR) is 135 cm³/mol. The fraction of sp³-hybridized carbons (Fsp3) is 0.250. The lowest BCUT2D eigenvalue weighted by Gasteiger charge is -2.33. The largest absolute Gasteiger partial charge is 0.451 e. The first kappa shape index (κ1) is 22.6. The smallest absolute Gasteiger partial charge is 0.293 e. The van der Waals surface area contributed by atoms with Crippen LogP contribution in [0.1, 0.15) is 30.3 Å². The number of thiocarbonyl (C=S) groups is 1. The molecule has 2 heterocycles. The van der Waals surface area contributed by atoms with Crippen molar-refractivity contribution in [3.05, 3.63) is 70.4 Å². The van der Waals surface area contributed by atoms with Crippen molar-refractivity contribution >= 4 is 57.8 Å². The van der Waals surface area contributed by atoms with Gasteiger partial charge in [0.15, 0.2) is 10.9 Å². The summed E-state index contributed by atoms with van der Waals surface area (Å²) in [6.45, 7) is 4.29. The SMILES string of the molecule is CC1CCN(c2ccccc2NC(=S)NC(=O)c2ccc(-c3ccc(Cl)cc3Cl)o2)CC1. The van der Waals surface area contributed by atoms with Gasteiger partial charge in [-0.25, -0.2) is 0 Å². The molecule has 0 radical (unpaired) electrons. The molecule has 1 saturated heterocycles. The second-order valence-electron chi connectivity index (χ2n) is 7.88. The third kappa shape index (κ3) is 5.26. The summed E-state index contributed by atoms with van der Waals surface area (Å²) in [6.07, 6.45) is 2.32. The summed E-state index contributed by atoms with van der Waals surface area (Å²) in [4.78, 5) is 15.0. The van der Waals surface area contributed by atoms with Crippen molar-refractivity contribution in [3.63, 3.8) is 0 Å². The molecule has 0 spiro atoms. The Morgan fingerprint density at radius 2 is 1.84 bits per heavy atom. The Bertz CT molecular complexity index is 1140. The zero-order valence-corrected chi connectivity index (χ0v) is 19.9. The molecule has 32 heavy (non-hydrogen) atoms. The van der Waals surface area contributed by atoms with Crippen molar-refractivity contribution < 1.29 is 9.21 Å². The van der Waals surface area contributed by atoms with Crippen molar-refractivity contribution in [2.24, 2.45) is 5.92 Å². The Morgan fingerprint density at radius 1 is 1.09 bits per heavy atom. The van der Waals surface area contributed by atoms with E-state index in [-0.39, 0.29) is 10.9 Å². The number of halogens is 2. The minimum absolute atomic E-state index is 0.133. The molecule has 0 saturated carbocycles. The summed E-state index contributed by atoms with van der Waals surface area (Å²) in [7, 11) is 0. The number of rotatable bonds is 4. The van der Waals surface area contributed by atoms with Gasteiger partial charge in [0.05, 0.1) is 16.4 Å². The fourth-order valence-electron chi connectivity index (χ4n) is 3.72. The average molecular weight is 488 g/mol. The highest BCUT2D eigenvalue weighted by molar-refractivity contribution is 7.80. The number of nitrogens with one attached hydrogen (secondary N) is 2. The van der Waals surface area contributed by atoms with Gasteiger partial charge in [0.1, 0.15) is 5.76 Å². The second-order valence-corrected chi connectivity index (χ2v) is 9.13. The molecular weight excluding hydrogens is 465 g/mol. The van der Waals surface area contributed by atoms with E-state index in [0.29, 0.717) is 21.4 Å². The number of carbonyl (C=O) groups is 1. The van der Waals surface area contributed by atoms with Crippen LogP contribution < -0.4 is 15.5 Å². The van der Waals surface area contributed by atoms with E-state index in [2.05, 4.69) is 28.5 Å².